The van der Waals surface area contributed by atoms with Crippen molar-refractivity contribution in [3.63, 3.8) is 0 Å². The molecule has 0 fully saturated rings. The lowest BCUT2D eigenvalue weighted by Gasteiger charge is -2.06. The number of amides is 1. The Morgan fingerprint density at radius 3 is 2.69 bits per heavy atom. The molecule has 0 unspecified atom stereocenters. The summed E-state index contributed by atoms with van der Waals surface area (Å²) in [4.78, 5) is 11.2. The van der Waals surface area contributed by atoms with Gasteiger partial charge in [0.05, 0.1) is 19.0 Å². The number of nitrogens with zero attached hydrogens (tertiary/aromatic N) is 1. The quantitative estimate of drug-likeness (QED) is 0.583. The summed E-state index contributed by atoms with van der Waals surface area (Å²) in [5.41, 5.74) is 0. The van der Waals surface area contributed by atoms with E-state index in [2.05, 4.69) is 24.5 Å². The lowest BCUT2D eigenvalue weighted by atomic mass is 10.1. The number of carbonyl (C=O) groups is 1. The van der Waals surface area contributed by atoms with Crippen LogP contribution in [0.3, 0.4) is 0 Å². The van der Waals surface area contributed by atoms with E-state index in [0.717, 1.165) is 18.9 Å². The molecule has 0 aliphatic rings. The highest BCUT2D eigenvalue weighted by Crippen LogP contribution is 2.04. The Kier molecular flexibility index (Phi) is 9.73. The number of carbonyl (C=O) groups excluding carboxylic acids is 1. The largest absolute Gasteiger partial charge is 0.354 e. The average Bonchev–Trinajstić information content (AvgIpc) is 2.23. The van der Waals surface area contributed by atoms with Crippen LogP contribution in [0, 0.1) is 17.2 Å². The molecular formula is C12H23N3O. The van der Waals surface area contributed by atoms with Gasteiger partial charge in [-0.05, 0) is 18.9 Å². The maximum absolute atomic E-state index is 11.2. The number of nitriles is 1. The standard InChI is InChI=1S/C12H23N3O/c1-11(2)6-3-4-8-14-10-12(16)15-9-5-7-13/h11,14H,3-6,8-10H2,1-2H3,(H,15,16). The number of rotatable bonds is 9. The molecule has 0 saturated carbocycles. The average molecular weight is 225 g/mol. The highest BCUT2D eigenvalue weighted by atomic mass is 16.1. The number of hydrogen-bond acceptors (Lipinski definition) is 3. The molecule has 0 rings (SSSR count). The van der Waals surface area contributed by atoms with Crippen LogP contribution in [-0.2, 0) is 4.79 Å². The molecule has 0 radical (unpaired) electrons. The van der Waals surface area contributed by atoms with Crippen LogP contribution in [0.1, 0.15) is 39.5 Å². The van der Waals surface area contributed by atoms with Crippen molar-refractivity contribution in [3.05, 3.63) is 0 Å². The number of hydrogen-bond donors (Lipinski definition) is 2. The van der Waals surface area contributed by atoms with Gasteiger partial charge in [-0.15, -0.1) is 0 Å². The molecule has 0 aromatic rings. The second-order valence-corrected chi connectivity index (χ2v) is 4.32. The van der Waals surface area contributed by atoms with Gasteiger partial charge in [0.1, 0.15) is 0 Å². The van der Waals surface area contributed by atoms with Gasteiger partial charge >= 0.3 is 0 Å². The molecule has 0 saturated heterocycles. The van der Waals surface area contributed by atoms with Gasteiger partial charge in [0.2, 0.25) is 5.91 Å². The van der Waals surface area contributed by atoms with E-state index in [1.807, 2.05) is 6.07 Å². The molecule has 16 heavy (non-hydrogen) atoms. The van der Waals surface area contributed by atoms with Crippen LogP contribution in [0.25, 0.3) is 0 Å². The van der Waals surface area contributed by atoms with Crippen LogP contribution in [0.5, 0.6) is 0 Å². The maximum atomic E-state index is 11.2. The molecule has 0 bridgehead atoms. The predicted octanol–water partition coefficient (Wildman–Crippen LogP) is 1.43. The summed E-state index contributed by atoms with van der Waals surface area (Å²) in [6.45, 7) is 6.13. The van der Waals surface area contributed by atoms with Crippen LogP contribution < -0.4 is 10.6 Å². The van der Waals surface area contributed by atoms with Crippen molar-refractivity contribution >= 4 is 5.91 Å². The highest BCUT2D eigenvalue weighted by Gasteiger charge is 1.99. The van der Waals surface area contributed by atoms with Crippen molar-refractivity contribution in [2.24, 2.45) is 5.92 Å². The monoisotopic (exact) mass is 225 g/mol. The van der Waals surface area contributed by atoms with Crippen LogP contribution >= 0.6 is 0 Å². The van der Waals surface area contributed by atoms with E-state index in [4.69, 9.17) is 5.26 Å². The normalized spacial score (nSPS) is 10.1. The third kappa shape index (κ3) is 11.0. The van der Waals surface area contributed by atoms with Crippen LogP contribution in [0.15, 0.2) is 0 Å². The van der Waals surface area contributed by atoms with E-state index in [1.165, 1.54) is 12.8 Å². The topological polar surface area (TPSA) is 64.9 Å². The SMILES string of the molecule is CC(C)CCCCNCC(=O)NCCC#N. The second kappa shape index (κ2) is 10.4. The minimum absolute atomic E-state index is 0.0286. The molecule has 0 aliphatic heterocycles. The zero-order valence-corrected chi connectivity index (χ0v) is 10.4. The minimum atomic E-state index is -0.0286. The molecule has 92 valence electrons. The first-order valence-electron chi connectivity index (χ1n) is 6.01. The van der Waals surface area contributed by atoms with Gasteiger partial charge in [-0.2, -0.15) is 5.26 Å². The van der Waals surface area contributed by atoms with E-state index >= 15 is 0 Å². The lowest BCUT2D eigenvalue weighted by molar-refractivity contribution is -0.120. The van der Waals surface area contributed by atoms with Gasteiger partial charge in [0.15, 0.2) is 0 Å². The van der Waals surface area contributed by atoms with Crippen molar-refractivity contribution in [2.75, 3.05) is 19.6 Å². The van der Waals surface area contributed by atoms with Gasteiger partial charge in [-0.3, -0.25) is 4.79 Å². The molecular weight excluding hydrogens is 202 g/mol. The van der Waals surface area contributed by atoms with Crippen molar-refractivity contribution in [1.29, 1.82) is 5.26 Å². The molecule has 4 nitrogen and oxygen atoms in total. The fourth-order valence-electron chi connectivity index (χ4n) is 1.32. The minimum Gasteiger partial charge on any atom is -0.354 e. The van der Waals surface area contributed by atoms with E-state index in [9.17, 15) is 4.79 Å². The van der Waals surface area contributed by atoms with Gasteiger partial charge in [0.25, 0.3) is 0 Å². The fraction of sp³-hybridized carbons (Fsp3) is 0.833. The van der Waals surface area contributed by atoms with Gasteiger partial charge in [-0.1, -0.05) is 26.7 Å². The molecule has 0 aromatic carbocycles. The van der Waals surface area contributed by atoms with E-state index in [0.29, 0.717) is 19.5 Å². The first-order valence-corrected chi connectivity index (χ1v) is 6.01. The summed E-state index contributed by atoms with van der Waals surface area (Å²) in [5, 5.41) is 14.0. The predicted molar refractivity (Wildman–Crippen MR) is 64.8 cm³/mol. The van der Waals surface area contributed by atoms with Gasteiger partial charge in [0, 0.05) is 6.54 Å². The molecule has 2 N–H and O–H groups in total. The lowest BCUT2D eigenvalue weighted by Crippen LogP contribution is -2.34. The van der Waals surface area contributed by atoms with Crippen LogP contribution in [0.4, 0.5) is 0 Å². The van der Waals surface area contributed by atoms with Crippen molar-refractivity contribution < 1.29 is 4.79 Å². The molecule has 0 spiro atoms. The summed E-state index contributed by atoms with van der Waals surface area (Å²) in [7, 11) is 0. The maximum Gasteiger partial charge on any atom is 0.233 e. The van der Waals surface area contributed by atoms with E-state index in [-0.39, 0.29) is 5.91 Å². The number of unbranched alkanes of at least 4 members (excludes halogenated alkanes) is 1. The van der Waals surface area contributed by atoms with Gasteiger partial charge < -0.3 is 10.6 Å². The highest BCUT2D eigenvalue weighted by molar-refractivity contribution is 5.77. The Morgan fingerprint density at radius 2 is 2.06 bits per heavy atom. The van der Waals surface area contributed by atoms with Gasteiger partial charge in [-0.25, -0.2) is 0 Å². The van der Waals surface area contributed by atoms with Crippen LogP contribution in [-0.4, -0.2) is 25.5 Å². The fourth-order valence-corrected chi connectivity index (χ4v) is 1.32. The molecule has 0 heterocycles. The molecule has 0 aliphatic carbocycles. The first-order chi connectivity index (χ1) is 7.66. The van der Waals surface area contributed by atoms with E-state index in [1.54, 1.807) is 0 Å². The van der Waals surface area contributed by atoms with Crippen molar-refractivity contribution in [1.82, 2.24) is 10.6 Å². The Labute approximate surface area is 98.4 Å². The summed E-state index contributed by atoms with van der Waals surface area (Å²) < 4.78 is 0. The summed E-state index contributed by atoms with van der Waals surface area (Å²) in [6.07, 6.45) is 3.94. The summed E-state index contributed by atoms with van der Waals surface area (Å²) in [6, 6.07) is 1.98. The Morgan fingerprint density at radius 1 is 1.31 bits per heavy atom. The third-order valence-corrected chi connectivity index (χ3v) is 2.23. The van der Waals surface area contributed by atoms with Crippen molar-refractivity contribution in [2.45, 2.75) is 39.5 Å². The first kappa shape index (κ1) is 14.9. The van der Waals surface area contributed by atoms with E-state index < -0.39 is 0 Å². The molecule has 0 atom stereocenters. The Bertz CT molecular complexity index is 221. The number of nitrogens with one attached hydrogen (secondary N) is 2. The molecule has 0 aromatic heterocycles. The Hall–Kier alpha value is -1.08. The van der Waals surface area contributed by atoms with Crippen LogP contribution in [0.2, 0.25) is 0 Å². The zero-order chi connectivity index (χ0) is 12.2. The summed E-state index contributed by atoms with van der Waals surface area (Å²) in [5.74, 6) is 0.730. The zero-order valence-electron chi connectivity index (χ0n) is 10.4. The molecule has 1 amide bonds. The summed E-state index contributed by atoms with van der Waals surface area (Å²) >= 11 is 0. The van der Waals surface area contributed by atoms with Crippen molar-refractivity contribution in [3.8, 4) is 6.07 Å². The third-order valence-electron chi connectivity index (χ3n) is 2.23. The second-order valence-electron chi connectivity index (χ2n) is 4.32. The Balaban J connectivity index is 3.19. The smallest absolute Gasteiger partial charge is 0.233 e. The molecule has 4 heteroatoms.